The molecule has 9 heteroatoms. The van der Waals surface area contributed by atoms with Crippen LogP contribution < -0.4 is 9.62 Å². The number of halogens is 1. The Morgan fingerprint density at radius 2 is 1.46 bits per heavy atom. The molecule has 1 N–H and O–H groups in total. The number of hydrogen-bond acceptors (Lipinski definition) is 4. The average molecular weight is 590 g/mol. The fraction of sp³-hybridized carbons (Fsp3) is 0.188. The molecule has 1 atom stereocenters. The van der Waals surface area contributed by atoms with Crippen LogP contribution in [-0.2, 0) is 32.6 Å². The maximum absolute atomic E-state index is 14.2. The zero-order valence-corrected chi connectivity index (χ0v) is 24.5. The fourth-order valence-electron chi connectivity index (χ4n) is 4.58. The minimum atomic E-state index is -4.13. The van der Waals surface area contributed by atoms with E-state index < -0.39 is 28.5 Å². The lowest BCUT2D eigenvalue weighted by Gasteiger charge is -2.33. The predicted molar refractivity (Wildman–Crippen MR) is 162 cm³/mol. The average Bonchev–Trinajstić information content (AvgIpc) is 2.98. The predicted octanol–water partition coefficient (Wildman–Crippen LogP) is 5.23. The van der Waals surface area contributed by atoms with Crippen LogP contribution in [0.1, 0.15) is 16.7 Å². The summed E-state index contributed by atoms with van der Waals surface area (Å²) in [5.74, 6) is -0.896. The Labute approximate surface area is 246 Å². The summed E-state index contributed by atoms with van der Waals surface area (Å²) in [6.07, 6.45) is 0.239. The van der Waals surface area contributed by atoms with Crippen molar-refractivity contribution in [2.24, 2.45) is 0 Å². The van der Waals surface area contributed by atoms with Crippen LogP contribution in [0.4, 0.5) is 5.69 Å². The molecule has 4 aromatic carbocycles. The third-order valence-electron chi connectivity index (χ3n) is 6.66. The molecule has 0 aromatic heterocycles. The molecular weight excluding hydrogens is 558 g/mol. The normalized spacial score (nSPS) is 11.9. The smallest absolute Gasteiger partial charge is 0.264 e. The number of carbonyl (C=O) groups is 2. The lowest BCUT2D eigenvalue weighted by Crippen LogP contribution is -2.53. The summed E-state index contributed by atoms with van der Waals surface area (Å²) in [5, 5.41) is 3.16. The van der Waals surface area contributed by atoms with E-state index in [0.717, 1.165) is 15.4 Å². The highest BCUT2D eigenvalue weighted by atomic mass is 35.5. The molecule has 0 aliphatic rings. The fourth-order valence-corrected chi connectivity index (χ4v) is 6.22. The highest BCUT2D eigenvalue weighted by molar-refractivity contribution is 7.92. The number of benzene rings is 4. The molecule has 4 aromatic rings. The molecule has 0 bridgehead atoms. The molecule has 212 valence electrons. The number of sulfonamides is 1. The first kappa shape index (κ1) is 29.8. The maximum atomic E-state index is 14.2. The van der Waals surface area contributed by atoms with Crippen molar-refractivity contribution in [1.82, 2.24) is 10.2 Å². The molecule has 0 fully saturated rings. The summed E-state index contributed by atoms with van der Waals surface area (Å²) < 4.78 is 28.9. The number of nitrogens with one attached hydrogen (secondary N) is 1. The number of anilines is 1. The van der Waals surface area contributed by atoms with Gasteiger partial charge in [-0.2, -0.15) is 0 Å². The molecule has 0 spiro atoms. The highest BCUT2D eigenvalue weighted by Gasteiger charge is 2.34. The van der Waals surface area contributed by atoms with Crippen molar-refractivity contribution in [2.45, 2.75) is 30.8 Å². The van der Waals surface area contributed by atoms with Gasteiger partial charge >= 0.3 is 0 Å². The number of rotatable bonds is 11. The zero-order chi connectivity index (χ0) is 29.4. The first-order valence-electron chi connectivity index (χ1n) is 13.1. The van der Waals surface area contributed by atoms with Gasteiger partial charge in [0.2, 0.25) is 11.8 Å². The molecule has 41 heavy (non-hydrogen) atoms. The van der Waals surface area contributed by atoms with Gasteiger partial charge < -0.3 is 10.2 Å². The Balaban J connectivity index is 1.78. The molecule has 4 rings (SSSR count). The summed E-state index contributed by atoms with van der Waals surface area (Å²) in [6, 6.07) is 30.5. The third-order valence-corrected chi connectivity index (χ3v) is 8.68. The molecule has 0 saturated heterocycles. The largest absolute Gasteiger partial charge is 0.357 e. The minimum Gasteiger partial charge on any atom is -0.357 e. The number of likely N-dealkylation sites (N-methyl/N-ethyl adjacent to an activating group) is 1. The van der Waals surface area contributed by atoms with Crippen LogP contribution in [0.3, 0.4) is 0 Å². The van der Waals surface area contributed by atoms with Crippen molar-refractivity contribution in [2.75, 3.05) is 17.9 Å². The Hall–Kier alpha value is -4.14. The molecule has 0 unspecified atom stereocenters. The molecule has 0 aliphatic carbocycles. The number of hydrogen-bond donors (Lipinski definition) is 1. The van der Waals surface area contributed by atoms with Crippen LogP contribution in [0, 0.1) is 6.92 Å². The monoisotopic (exact) mass is 589 g/mol. The van der Waals surface area contributed by atoms with Crippen LogP contribution in [-0.4, -0.2) is 44.8 Å². The first-order chi connectivity index (χ1) is 19.7. The quantitative estimate of drug-likeness (QED) is 0.260. The second kappa shape index (κ2) is 13.5. The van der Waals surface area contributed by atoms with Gasteiger partial charge in [-0.1, -0.05) is 84.4 Å². The van der Waals surface area contributed by atoms with Crippen LogP contribution in [0.25, 0.3) is 0 Å². The summed E-state index contributed by atoms with van der Waals surface area (Å²) in [7, 11) is -2.61. The molecule has 0 heterocycles. The van der Waals surface area contributed by atoms with Gasteiger partial charge in [-0.05, 0) is 60.0 Å². The molecule has 7 nitrogen and oxygen atoms in total. The first-order valence-corrected chi connectivity index (χ1v) is 14.9. The van der Waals surface area contributed by atoms with Crippen molar-refractivity contribution in [1.29, 1.82) is 0 Å². The van der Waals surface area contributed by atoms with Gasteiger partial charge in [0, 0.05) is 25.0 Å². The Morgan fingerprint density at radius 3 is 2.10 bits per heavy atom. The number of nitrogens with zero attached hydrogens (tertiary/aromatic N) is 2. The van der Waals surface area contributed by atoms with Crippen molar-refractivity contribution in [3.05, 3.63) is 131 Å². The van der Waals surface area contributed by atoms with E-state index in [-0.39, 0.29) is 23.8 Å². The SMILES string of the molecule is CNC(=O)[C@H](Cc1ccccc1)N(Cc1cccc(Cl)c1)C(=O)CN(c1cccc(C)c1)S(=O)(=O)c1ccccc1. The van der Waals surface area contributed by atoms with Gasteiger partial charge in [-0.25, -0.2) is 8.42 Å². The lowest BCUT2D eigenvalue weighted by molar-refractivity contribution is -0.139. The number of carbonyl (C=O) groups excluding carboxylic acids is 2. The van der Waals surface area contributed by atoms with E-state index in [4.69, 9.17) is 11.6 Å². The van der Waals surface area contributed by atoms with Crippen LogP contribution in [0.15, 0.2) is 114 Å². The second-order valence-electron chi connectivity index (χ2n) is 9.64. The van der Waals surface area contributed by atoms with Gasteiger partial charge in [-0.3, -0.25) is 13.9 Å². The van der Waals surface area contributed by atoms with E-state index in [1.807, 2.05) is 49.4 Å². The van der Waals surface area contributed by atoms with Gasteiger partial charge in [0.05, 0.1) is 10.6 Å². The Kier molecular flexibility index (Phi) is 9.81. The molecule has 2 amide bonds. The molecule has 0 radical (unpaired) electrons. The van der Waals surface area contributed by atoms with E-state index in [2.05, 4.69) is 5.32 Å². The highest BCUT2D eigenvalue weighted by Crippen LogP contribution is 2.26. The Morgan fingerprint density at radius 1 is 0.829 bits per heavy atom. The Bertz CT molecular complexity index is 1600. The number of amides is 2. The van der Waals surface area contributed by atoms with E-state index in [1.54, 1.807) is 54.6 Å². The van der Waals surface area contributed by atoms with Gasteiger partial charge in [0.15, 0.2) is 0 Å². The second-order valence-corrected chi connectivity index (χ2v) is 11.9. The standard InChI is InChI=1S/C32H32ClN3O4S/c1-24-11-9-16-28(19-24)36(41(39,40)29-17-7-4-8-18-29)23-31(37)35(22-26-14-10-15-27(33)20-26)30(32(38)34-2)21-25-12-5-3-6-13-25/h3-20,30H,21-23H2,1-2H3,(H,34,38)/t30-/m0/s1. The van der Waals surface area contributed by atoms with Crippen molar-refractivity contribution >= 4 is 39.1 Å². The molecule has 0 saturated carbocycles. The zero-order valence-electron chi connectivity index (χ0n) is 22.9. The van der Waals surface area contributed by atoms with Gasteiger partial charge in [0.1, 0.15) is 12.6 Å². The summed E-state index contributed by atoms with van der Waals surface area (Å²) in [4.78, 5) is 29.0. The van der Waals surface area contributed by atoms with Crippen molar-refractivity contribution in [3.63, 3.8) is 0 Å². The maximum Gasteiger partial charge on any atom is 0.264 e. The third kappa shape index (κ3) is 7.54. The van der Waals surface area contributed by atoms with E-state index in [0.29, 0.717) is 16.3 Å². The van der Waals surface area contributed by atoms with E-state index in [1.165, 1.54) is 24.1 Å². The van der Waals surface area contributed by atoms with Crippen molar-refractivity contribution in [3.8, 4) is 0 Å². The minimum absolute atomic E-state index is 0.0529. The van der Waals surface area contributed by atoms with E-state index >= 15 is 0 Å². The van der Waals surface area contributed by atoms with Crippen LogP contribution in [0.2, 0.25) is 5.02 Å². The summed E-state index contributed by atoms with van der Waals surface area (Å²) in [5.41, 5.74) is 2.76. The van der Waals surface area contributed by atoms with E-state index in [9.17, 15) is 18.0 Å². The van der Waals surface area contributed by atoms with Crippen molar-refractivity contribution < 1.29 is 18.0 Å². The molecular formula is C32H32ClN3O4S. The van der Waals surface area contributed by atoms with Gasteiger partial charge in [0.25, 0.3) is 10.0 Å². The summed E-state index contributed by atoms with van der Waals surface area (Å²) in [6.45, 7) is 1.40. The number of aryl methyl sites for hydroxylation is 1. The summed E-state index contributed by atoms with van der Waals surface area (Å²) >= 11 is 6.24. The van der Waals surface area contributed by atoms with Crippen LogP contribution >= 0.6 is 11.6 Å². The van der Waals surface area contributed by atoms with Gasteiger partial charge in [-0.15, -0.1) is 0 Å². The molecule has 0 aliphatic heterocycles. The topological polar surface area (TPSA) is 86.8 Å². The lowest BCUT2D eigenvalue weighted by atomic mass is 10.0. The van der Waals surface area contributed by atoms with Crippen LogP contribution in [0.5, 0.6) is 0 Å².